The lowest BCUT2D eigenvalue weighted by molar-refractivity contribution is 0.143. The maximum atomic E-state index is 13.6. The molecule has 3 heteroatoms. The highest BCUT2D eigenvalue weighted by Gasteiger charge is 2.21. The van der Waals surface area contributed by atoms with Crippen molar-refractivity contribution in [3.63, 3.8) is 0 Å². The lowest BCUT2D eigenvalue weighted by Crippen LogP contribution is -2.50. The molecule has 1 heterocycles. The fourth-order valence-electron chi connectivity index (χ4n) is 2.47. The highest BCUT2D eigenvalue weighted by Crippen LogP contribution is 2.15. The van der Waals surface area contributed by atoms with Crippen LogP contribution in [0.3, 0.4) is 0 Å². The molecule has 1 aromatic rings. The summed E-state index contributed by atoms with van der Waals surface area (Å²) in [5.74, 6) is -0.0821. The first-order valence-corrected chi connectivity index (χ1v) is 6.49. The summed E-state index contributed by atoms with van der Waals surface area (Å²) in [5, 5.41) is 3.41. The van der Waals surface area contributed by atoms with Gasteiger partial charge in [0, 0.05) is 37.8 Å². The Kier molecular flexibility index (Phi) is 4.51. The van der Waals surface area contributed by atoms with Crippen LogP contribution in [0.15, 0.2) is 24.3 Å². The van der Waals surface area contributed by atoms with Crippen LogP contribution in [-0.2, 0) is 6.54 Å². The van der Waals surface area contributed by atoms with Gasteiger partial charge in [-0.3, -0.25) is 4.90 Å². The van der Waals surface area contributed by atoms with E-state index in [0.717, 1.165) is 31.7 Å². The van der Waals surface area contributed by atoms with Crippen LogP contribution in [0.4, 0.5) is 4.39 Å². The molecule has 1 saturated heterocycles. The fraction of sp³-hybridized carbons (Fsp3) is 0.571. The third-order valence-corrected chi connectivity index (χ3v) is 3.43. The van der Waals surface area contributed by atoms with Gasteiger partial charge < -0.3 is 5.32 Å². The third kappa shape index (κ3) is 3.27. The van der Waals surface area contributed by atoms with E-state index in [1.807, 2.05) is 12.1 Å². The van der Waals surface area contributed by atoms with E-state index in [4.69, 9.17) is 0 Å². The summed E-state index contributed by atoms with van der Waals surface area (Å²) >= 11 is 0. The molecule has 2 nitrogen and oxygen atoms in total. The SMILES string of the molecule is CCCC1CNCCN1Cc1ccccc1F. The molecular weight excluding hydrogens is 215 g/mol. The van der Waals surface area contributed by atoms with Crippen LogP contribution in [0, 0.1) is 5.82 Å². The summed E-state index contributed by atoms with van der Waals surface area (Å²) < 4.78 is 13.6. The second-order valence-corrected chi connectivity index (χ2v) is 4.71. The molecule has 1 aromatic carbocycles. The summed E-state index contributed by atoms with van der Waals surface area (Å²) in [6, 6.07) is 7.65. The topological polar surface area (TPSA) is 15.3 Å². The van der Waals surface area contributed by atoms with Crippen LogP contribution in [0.1, 0.15) is 25.3 Å². The van der Waals surface area contributed by atoms with Gasteiger partial charge in [0.15, 0.2) is 0 Å². The minimum atomic E-state index is -0.0821. The normalized spacial score (nSPS) is 21.6. The highest BCUT2D eigenvalue weighted by atomic mass is 19.1. The zero-order valence-corrected chi connectivity index (χ0v) is 10.5. The van der Waals surface area contributed by atoms with Crippen LogP contribution < -0.4 is 5.32 Å². The number of benzene rings is 1. The van der Waals surface area contributed by atoms with Crippen molar-refractivity contribution < 1.29 is 4.39 Å². The van der Waals surface area contributed by atoms with Crippen molar-refractivity contribution in [1.82, 2.24) is 10.2 Å². The van der Waals surface area contributed by atoms with Crippen LogP contribution in [-0.4, -0.2) is 30.6 Å². The van der Waals surface area contributed by atoms with E-state index in [-0.39, 0.29) is 5.82 Å². The van der Waals surface area contributed by atoms with Crippen molar-refractivity contribution >= 4 is 0 Å². The molecule has 0 radical (unpaired) electrons. The molecule has 1 fully saturated rings. The molecule has 1 aliphatic rings. The maximum absolute atomic E-state index is 13.6. The van der Waals surface area contributed by atoms with Gasteiger partial charge in [-0.2, -0.15) is 0 Å². The number of halogens is 1. The molecule has 2 rings (SSSR count). The minimum absolute atomic E-state index is 0.0821. The molecule has 1 unspecified atom stereocenters. The Morgan fingerprint density at radius 2 is 2.24 bits per heavy atom. The minimum Gasteiger partial charge on any atom is -0.314 e. The van der Waals surface area contributed by atoms with Crippen molar-refractivity contribution in [2.24, 2.45) is 0 Å². The second kappa shape index (κ2) is 6.12. The number of rotatable bonds is 4. The Hall–Kier alpha value is -0.930. The Labute approximate surface area is 103 Å². The molecule has 0 amide bonds. The first kappa shape index (κ1) is 12.5. The first-order chi connectivity index (χ1) is 8.31. The quantitative estimate of drug-likeness (QED) is 0.863. The van der Waals surface area contributed by atoms with E-state index >= 15 is 0 Å². The first-order valence-electron chi connectivity index (χ1n) is 6.49. The predicted octanol–water partition coefficient (Wildman–Crippen LogP) is 2.40. The standard InChI is InChI=1S/C14H21FN2/c1-2-5-13-10-16-8-9-17(13)11-12-6-3-4-7-14(12)15/h3-4,6-7,13,16H,2,5,8-11H2,1H3. The molecule has 0 bridgehead atoms. The van der Waals surface area contributed by atoms with Crippen molar-refractivity contribution in [3.05, 3.63) is 35.6 Å². The van der Waals surface area contributed by atoms with E-state index in [9.17, 15) is 4.39 Å². The number of nitrogens with one attached hydrogen (secondary N) is 1. The Balaban J connectivity index is 2.03. The van der Waals surface area contributed by atoms with Crippen molar-refractivity contribution in [3.8, 4) is 0 Å². The number of hydrogen-bond acceptors (Lipinski definition) is 2. The van der Waals surface area contributed by atoms with Crippen molar-refractivity contribution in [2.75, 3.05) is 19.6 Å². The molecule has 0 aromatic heterocycles. The van der Waals surface area contributed by atoms with Gasteiger partial charge in [-0.05, 0) is 12.5 Å². The van der Waals surface area contributed by atoms with Gasteiger partial charge in [0.2, 0.25) is 0 Å². The lowest BCUT2D eigenvalue weighted by atomic mass is 10.1. The van der Waals surface area contributed by atoms with Gasteiger partial charge >= 0.3 is 0 Å². The number of nitrogens with zero attached hydrogens (tertiary/aromatic N) is 1. The van der Waals surface area contributed by atoms with E-state index in [2.05, 4.69) is 17.1 Å². The van der Waals surface area contributed by atoms with E-state index in [1.54, 1.807) is 12.1 Å². The van der Waals surface area contributed by atoms with Gasteiger partial charge in [0.25, 0.3) is 0 Å². The zero-order valence-electron chi connectivity index (χ0n) is 10.5. The highest BCUT2D eigenvalue weighted by molar-refractivity contribution is 5.17. The maximum Gasteiger partial charge on any atom is 0.127 e. The Bertz CT molecular complexity index is 352. The Morgan fingerprint density at radius 3 is 3.00 bits per heavy atom. The van der Waals surface area contributed by atoms with Crippen molar-refractivity contribution in [2.45, 2.75) is 32.4 Å². The molecule has 0 aliphatic carbocycles. The molecule has 94 valence electrons. The van der Waals surface area contributed by atoms with Gasteiger partial charge in [-0.25, -0.2) is 4.39 Å². The summed E-state index contributed by atoms with van der Waals surface area (Å²) in [5.41, 5.74) is 0.815. The molecule has 1 aliphatic heterocycles. The van der Waals surface area contributed by atoms with Crippen LogP contribution in [0.25, 0.3) is 0 Å². The number of piperazine rings is 1. The number of hydrogen-bond donors (Lipinski definition) is 1. The Morgan fingerprint density at radius 1 is 1.41 bits per heavy atom. The van der Waals surface area contributed by atoms with Crippen LogP contribution in [0.5, 0.6) is 0 Å². The van der Waals surface area contributed by atoms with Crippen LogP contribution >= 0.6 is 0 Å². The van der Waals surface area contributed by atoms with Crippen molar-refractivity contribution in [1.29, 1.82) is 0 Å². The summed E-state index contributed by atoms with van der Waals surface area (Å²) in [6.07, 6.45) is 2.36. The van der Waals surface area contributed by atoms with Gasteiger partial charge in [0.05, 0.1) is 0 Å². The van der Waals surface area contributed by atoms with Gasteiger partial charge in [-0.1, -0.05) is 31.5 Å². The zero-order chi connectivity index (χ0) is 12.1. The lowest BCUT2D eigenvalue weighted by Gasteiger charge is -2.36. The smallest absolute Gasteiger partial charge is 0.127 e. The monoisotopic (exact) mass is 236 g/mol. The molecule has 1 atom stereocenters. The molecule has 1 N–H and O–H groups in total. The van der Waals surface area contributed by atoms with Crippen LogP contribution in [0.2, 0.25) is 0 Å². The third-order valence-electron chi connectivity index (χ3n) is 3.43. The summed E-state index contributed by atoms with van der Waals surface area (Å²) in [6.45, 7) is 5.99. The predicted molar refractivity (Wildman–Crippen MR) is 68.4 cm³/mol. The van der Waals surface area contributed by atoms with E-state index in [0.29, 0.717) is 6.04 Å². The average Bonchev–Trinajstić information content (AvgIpc) is 2.35. The van der Waals surface area contributed by atoms with E-state index < -0.39 is 0 Å². The fourth-order valence-corrected chi connectivity index (χ4v) is 2.47. The molecular formula is C14H21FN2. The average molecular weight is 236 g/mol. The second-order valence-electron chi connectivity index (χ2n) is 4.71. The molecule has 0 spiro atoms. The largest absolute Gasteiger partial charge is 0.314 e. The van der Waals surface area contributed by atoms with E-state index in [1.165, 1.54) is 12.8 Å². The van der Waals surface area contributed by atoms with Gasteiger partial charge in [0.1, 0.15) is 5.82 Å². The molecule has 0 saturated carbocycles. The van der Waals surface area contributed by atoms with Gasteiger partial charge in [-0.15, -0.1) is 0 Å². The molecule has 17 heavy (non-hydrogen) atoms. The summed E-state index contributed by atoms with van der Waals surface area (Å²) in [7, 11) is 0. The summed E-state index contributed by atoms with van der Waals surface area (Å²) in [4.78, 5) is 2.40.